The third-order valence-electron chi connectivity index (χ3n) is 2.78. The second-order valence-electron chi connectivity index (χ2n) is 3.82. The summed E-state index contributed by atoms with van der Waals surface area (Å²) in [6.45, 7) is 4.00. The van der Waals surface area contributed by atoms with Gasteiger partial charge in [-0.1, -0.05) is 42.5 Å². The highest BCUT2D eigenvalue weighted by Gasteiger charge is 2.26. The Hall–Kier alpha value is -1.37. The second-order valence-corrected chi connectivity index (χ2v) is 3.82. The van der Waals surface area contributed by atoms with Gasteiger partial charge in [-0.05, 0) is 18.4 Å². The molecule has 0 saturated heterocycles. The van der Waals surface area contributed by atoms with Crippen LogP contribution in [0.1, 0.15) is 30.7 Å². The van der Waals surface area contributed by atoms with Gasteiger partial charge in [0.25, 0.3) is 0 Å². The molecular formula is C13H14O. The molecule has 72 valence electrons. The summed E-state index contributed by atoms with van der Waals surface area (Å²) >= 11 is 0. The average Bonchev–Trinajstić information content (AvgIpc) is 2.19. The van der Waals surface area contributed by atoms with Crippen molar-refractivity contribution in [2.24, 2.45) is 0 Å². The number of allylic oxidation sites excluding steroid dienone is 1. The zero-order valence-corrected chi connectivity index (χ0v) is 8.20. The van der Waals surface area contributed by atoms with Crippen molar-refractivity contribution in [3.63, 3.8) is 0 Å². The summed E-state index contributed by atoms with van der Waals surface area (Å²) in [5.41, 5.74) is 2.18. The van der Waals surface area contributed by atoms with E-state index >= 15 is 0 Å². The molecule has 0 amide bonds. The van der Waals surface area contributed by atoms with Gasteiger partial charge in [0, 0.05) is 6.42 Å². The van der Waals surface area contributed by atoms with Gasteiger partial charge in [0.1, 0.15) is 5.78 Å². The molecule has 0 spiro atoms. The van der Waals surface area contributed by atoms with Crippen LogP contribution in [0.15, 0.2) is 42.5 Å². The van der Waals surface area contributed by atoms with E-state index in [0.717, 1.165) is 24.0 Å². The summed E-state index contributed by atoms with van der Waals surface area (Å²) in [5, 5.41) is 0. The second kappa shape index (κ2) is 3.79. The molecular weight excluding hydrogens is 172 g/mol. The van der Waals surface area contributed by atoms with Gasteiger partial charge in [0.2, 0.25) is 0 Å². The van der Waals surface area contributed by atoms with Crippen LogP contribution in [0.4, 0.5) is 0 Å². The smallest absolute Gasteiger partial charge is 0.144 e. The molecule has 0 heterocycles. The fourth-order valence-corrected chi connectivity index (χ4v) is 2.07. The summed E-state index contributed by atoms with van der Waals surface area (Å²) in [6.07, 6.45) is 2.67. The van der Waals surface area contributed by atoms with E-state index in [-0.39, 0.29) is 5.92 Å². The summed E-state index contributed by atoms with van der Waals surface area (Å²) in [5.74, 6) is 0.289. The van der Waals surface area contributed by atoms with Crippen molar-refractivity contribution in [1.29, 1.82) is 0 Å². The van der Waals surface area contributed by atoms with Crippen molar-refractivity contribution in [3.05, 3.63) is 48.0 Å². The molecule has 1 heteroatoms. The van der Waals surface area contributed by atoms with Gasteiger partial charge in [-0.15, -0.1) is 0 Å². The molecule has 0 radical (unpaired) electrons. The van der Waals surface area contributed by atoms with Gasteiger partial charge in [-0.2, -0.15) is 0 Å². The Bertz CT molecular complexity index is 335. The molecule has 2 rings (SSSR count). The summed E-state index contributed by atoms with van der Waals surface area (Å²) < 4.78 is 0. The van der Waals surface area contributed by atoms with E-state index < -0.39 is 0 Å². The predicted octanol–water partition coefficient (Wildman–Crippen LogP) is 3.08. The van der Waals surface area contributed by atoms with Crippen LogP contribution in [0.5, 0.6) is 0 Å². The van der Waals surface area contributed by atoms with E-state index in [2.05, 4.69) is 6.58 Å². The fraction of sp³-hybridized carbons (Fsp3) is 0.308. The van der Waals surface area contributed by atoms with Crippen molar-refractivity contribution >= 4 is 5.78 Å². The molecule has 1 nitrogen and oxygen atoms in total. The van der Waals surface area contributed by atoms with E-state index in [0.29, 0.717) is 12.2 Å². The largest absolute Gasteiger partial charge is 0.299 e. The highest BCUT2D eigenvalue weighted by molar-refractivity contribution is 5.89. The first-order valence-corrected chi connectivity index (χ1v) is 5.04. The van der Waals surface area contributed by atoms with Crippen LogP contribution >= 0.6 is 0 Å². The van der Waals surface area contributed by atoms with Crippen LogP contribution < -0.4 is 0 Å². The number of hydrogen-bond acceptors (Lipinski definition) is 1. The lowest BCUT2D eigenvalue weighted by molar-refractivity contribution is -0.120. The molecule has 0 bridgehead atoms. The van der Waals surface area contributed by atoms with Gasteiger partial charge in [0.05, 0.1) is 5.92 Å². The van der Waals surface area contributed by atoms with E-state index in [1.165, 1.54) is 0 Å². The topological polar surface area (TPSA) is 17.1 Å². The van der Waals surface area contributed by atoms with E-state index in [9.17, 15) is 4.79 Å². The van der Waals surface area contributed by atoms with Crippen molar-refractivity contribution in [2.45, 2.75) is 25.2 Å². The number of ketones is 1. The third-order valence-corrected chi connectivity index (χ3v) is 2.78. The molecule has 0 N–H and O–H groups in total. The first-order chi connectivity index (χ1) is 6.79. The minimum absolute atomic E-state index is 0.0371. The van der Waals surface area contributed by atoms with Gasteiger partial charge in [0.15, 0.2) is 0 Å². The average molecular weight is 186 g/mol. The molecule has 1 aliphatic carbocycles. The Labute approximate surface area is 84.5 Å². The number of carbonyl (C=O) groups excluding carboxylic acids is 1. The molecule has 0 aliphatic heterocycles. The zero-order chi connectivity index (χ0) is 9.97. The van der Waals surface area contributed by atoms with Crippen molar-refractivity contribution < 1.29 is 4.79 Å². The van der Waals surface area contributed by atoms with Gasteiger partial charge in [-0.3, -0.25) is 4.79 Å². The number of carbonyl (C=O) groups is 1. The number of rotatable bonds is 1. The predicted molar refractivity (Wildman–Crippen MR) is 57.2 cm³/mol. The molecule has 1 atom stereocenters. The number of benzene rings is 1. The van der Waals surface area contributed by atoms with Crippen molar-refractivity contribution in [3.8, 4) is 0 Å². The Balaban J connectivity index is 2.32. The summed E-state index contributed by atoms with van der Waals surface area (Å²) in [6, 6.07) is 9.95. The Morgan fingerprint density at radius 2 is 1.86 bits per heavy atom. The number of hydrogen-bond donors (Lipinski definition) is 0. The van der Waals surface area contributed by atoms with Crippen LogP contribution in [-0.4, -0.2) is 5.78 Å². The van der Waals surface area contributed by atoms with Crippen LogP contribution in [0.2, 0.25) is 0 Å². The number of Topliss-reactive ketones (excluding diaryl/α,β-unsaturated/α-hetero) is 1. The van der Waals surface area contributed by atoms with Crippen LogP contribution in [0.25, 0.3) is 0 Å². The van der Waals surface area contributed by atoms with Gasteiger partial charge < -0.3 is 0 Å². The molecule has 1 unspecified atom stereocenters. The Morgan fingerprint density at radius 3 is 2.50 bits per heavy atom. The molecule has 1 aromatic rings. The Kier molecular flexibility index (Phi) is 2.49. The lowest BCUT2D eigenvalue weighted by Crippen LogP contribution is -2.18. The lowest BCUT2D eigenvalue weighted by atomic mass is 9.80. The van der Waals surface area contributed by atoms with Crippen LogP contribution in [0, 0.1) is 0 Å². The molecule has 14 heavy (non-hydrogen) atoms. The van der Waals surface area contributed by atoms with Gasteiger partial charge in [-0.25, -0.2) is 0 Å². The normalized spacial score (nSPS) is 22.4. The zero-order valence-electron chi connectivity index (χ0n) is 8.20. The summed E-state index contributed by atoms with van der Waals surface area (Å²) in [4.78, 5) is 11.7. The summed E-state index contributed by atoms with van der Waals surface area (Å²) in [7, 11) is 0. The van der Waals surface area contributed by atoms with Crippen LogP contribution in [-0.2, 0) is 4.79 Å². The van der Waals surface area contributed by atoms with Gasteiger partial charge >= 0.3 is 0 Å². The minimum Gasteiger partial charge on any atom is -0.299 e. The van der Waals surface area contributed by atoms with Crippen LogP contribution in [0.3, 0.4) is 0 Å². The highest BCUT2D eigenvalue weighted by atomic mass is 16.1. The third kappa shape index (κ3) is 1.63. The van der Waals surface area contributed by atoms with Crippen molar-refractivity contribution in [1.82, 2.24) is 0 Å². The molecule has 1 aliphatic rings. The first kappa shape index (κ1) is 9.20. The standard InChI is InChI=1S/C13H14O/c1-10-6-5-9-12(14)13(10)11-7-3-2-4-8-11/h2-4,7-8,13H,1,5-6,9H2. The SMILES string of the molecule is C=C1CCCC(=O)C1c1ccccc1. The fourth-order valence-electron chi connectivity index (χ4n) is 2.07. The molecule has 0 aromatic heterocycles. The highest BCUT2D eigenvalue weighted by Crippen LogP contribution is 2.33. The Morgan fingerprint density at radius 1 is 1.14 bits per heavy atom. The maximum absolute atomic E-state index is 11.7. The maximum Gasteiger partial charge on any atom is 0.144 e. The lowest BCUT2D eigenvalue weighted by Gasteiger charge is -2.23. The molecule has 1 fully saturated rings. The monoisotopic (exact) mass is 186 g/mol. The van der Waals surface area contributed by atoms with E-state index in [4.69, 9.17) is 0 Å². The van der Waals surface area contributed by atoms with Crippen molar-refractivity contribution in [2.75, 3.05) is 0 Å². The molecule has 1 aromatic carbocycles. The minimum atomic E-state index is -0.0371. The molecule has 1 saturated carbocycles. The first-order valence-electron chi connectivity index (χ1n) is 5.04. The quantitative estimate of drug-likeness (QED) is 0.616. The maximum atomic E-state index is 11.7. The van der Waals surface area contributed by atoms with E-state index in [1.54, 1.807) is 0 Å². The van der Waals surface area contributed by atoms with E-state index in [1.807, 2.05) is 30.3 Å².